The van der Waals surface area contributed by atoms with Crippen molar-refractivity contribution >= 4 is 29.4 Å². The molecule has 0 fully saturated rings. The number of hydrogen-bond donors (Lipinski definition) is 0. The summed E-state index contributed by atoms with van der Waals surface area (Å²) in [6.45, 7) is 0.463. The number of fused-ring (bicyclic) bond motifs is 2. The van der Waals surface area contributed by atoms with Crippen molar-refractivity contribution in [2.45, 2.75) is 6.61 Å². The van der Waals surface area contributed by atoms with Crippen LogP contribution in [0.3, 0.4) is 0 Å². The summed E-state index contributed by atoms with van der Waals surface area (Å²) in [6.07, 6.45) is 1.58. The lowest BCUT2D eigenvalue weighted by molar-refractivity contribution is -0.0165. The molecular weight excluding hydrogens is 476 g/mol. The van der Waals surface area contributed by atoms with Gasteiger partial charge in [-0.05, 0) is 48.5 Å². The molecule has 2 aliphatic rings. The Bertz CT molecular complexity index is 1380. The summed E-state index contributed by atoms with van der Waals surface area (Å²) in [5.41, 5.74) is 2.01. The zero-order chi connectivity index (χ0) is 24.5. The third-order valence-corrected chi connectivity index (χ3v) is 5.68. The third kappa shape index (κ3) is 4.41. The fraction of sp³-hybridized carbons (Fsp3) is 0.154. The monoisotopic (exact) mass is 494 g/mol. The number of allylic oxidation sites excluding steroid dienone is 1. The second-order valence-electron chi connectivity index (χ2n) is 7.65. The summed E-state index contributed by atoms with van der Waals surface area (Å²) in [7, 11) is 2.99. The van der Waals surface area contributed by atoms with E-state index >= 15 is 0 Å². The largest absolute Gasteiger partial charge is 0.493 e. The van der Waals surface area contributed by atoms with Crippen LogP contribution in [0, 0.1) is 0 Å². The van der Waals surface area contributed by atoms with E-state index < -0.39 is 5.97 Å². The lowest BCUT2D eigenvalue weighted by Gasteiger charge is -2.20. The Morgan fingerprint density at radius 1 is 1.03 bits per heavy atom. The minimum atomic E-state index is -0.601. The highest BCUT2D eigenvalue weighted by Gasteiger charge is 2.29. The summed E-state index contributed by atoms with van der Waals surface area (Å²) in [5, 5.41) is 0.483. The van der Waals surface area contributed by atoms with Gasteiger partial charge in [0.25, 0.3) is 0 Å². The fourth-order valence-corrected chi connectivity index (χ4v) is 4.07. The summed E-state index contributed by atoms with van der Waals surface area (Å²) in [5.74, 6) is 1.17. The van der Waals surface area contributed by atoms with E-state index in [1.54, 1.807) is 36.4 Å². The van der Waals surface area contributed by atoms with Crippen molar-refractivity contribution in [2.75, 3.05) is 21.0 Å². The number of ketones is 1. The van der Waals surface area contributed by atoms with Crippen LogP contribution in [0.4, 0.5) is 0 Å². The summed E-state index contributed by atoms with van der Waals surface area (Å²) in [4.78, 5) is 25.6. The number of methoxy groups -OCH3 is 2. The van der Waals surface area contributed by atoms with Gasteiger partial charge in [-0.25, -0.2) is 4.79 Å². The highest BCUT2D eigenvalue weighted by atomic mass is 35.5. The molecule has 0 saturated heterocycles. The van der Waals surface area contributed by atoms with Gasteiger partial charge in [-0.3, -0.25) is 4.79 Å². The first-order valence-corrected chi connectivity index (χ1v) is 10.9. The molecule has 0 aliphatic carbocycles. The van der Waals surface area contributed by atoms with Gasteiger partial charge in [0, 0.05) is 22.2 Å². The average Bonchev–Trinajstić information content (AvgIpc) is 3.17. The number of carbonyl (C=O) groups is 2. The Morgan fingerprint density at radius 2 is 1.86 bits per heavy atom. The third-order valence-electron chi connectivity index (χ3n) is 5.46. The van der Waals surface area contributed by atoms with E-state index in [0.717, 1.165) is 5.56 Å². The maximum absolute atomic E-state index is 12.9. The zero-order valence-electron chi connectivity index (χ0n) is 18.8. The first-order chi connectivity index (χ1) is 17.0. The second-order valence-corrected chi connectivity index (χ2v) is 8.09. The number of halogens is 1. The molecule has 0 radical (unpaired) electrons. The molecule has 3 aromatic carbocycles. The van der Waals surface area contributed by atoms with E-state index in [0.29, 0.717) is 40.0 Å². The molecule has 0 N–H and O–H groups in total. The van der Waals surface area contributed by atoms with Crippen molar-refractivity contribution in [3.05, 3.63) is 81.6 Å². The molecule has 2 heterocycles. The number of rotatable bonds is 5. The highest BCUT2D eigenvalue weighted by molar-refractivity contribution is 6.31. The van der Waals surface area contributed by atoms with E-state index in [1.807, 2.05) is 0 Å². The van der Waals surface area contributed by atoms with Crippen LogP contribution in [0.15, 0.2) is 54.3 Å². The number of hydrogen-bond acceptors (Lipinski definition) is 8. The molecule has 0 amide bonds. The van der Waals surface area contributed by atoms with Crippen LogP contribution in [-0.4, -0.2) is 32.8 Å². The Labute approximate surface area is 205 Å². The minimum Gasteiger partial charge on any atom is -0.493 e. The van der Waals surface area contributed by atoms with E-state index in [2.05, 4.69) is 0 Å². The SMILES string of the molecule is COc1ccc(C(=O)Oc2ccc3c(c2)OC(=Cc2cc(Cl)cc4c2OCOC4)C3=O)cc1OC. The quantitative estimate of drug-likeness (QED) is 0.276. The number of carbonyl (C=O) groups excluding carboxylic acids is 2. The Morgan fingerprint density at radius 3 is 2.66 bits per heavy atom. The number of ether oxygens (including phenoxy) is 6. The summed E-state index contributed by atoms with van der Waals surface area (Å²) >= 11 is 6.22. The number of esters is 1. The Balaban J connectivity index is 1.38. The molecule has 178 valence electrons. The molecule has 0 atom stereocenters. The molecule has 0 bridgehead atoms. The van der Waals surface area contributed by atoms with Crippen LogP contribution in [-0.2, 0) is 11.3 Å². The van der Waals surface area contributed by atoms with Crippen molar-refractivity contribution in [2.24, 2.45) is 0 Å². The molecule has 0 unspecified atom stereocenters. The van der Waals surface area contributed by atoms with Gasteiger partial charge in [0.1, 0.15) is 17.2 Å². The van der Waals surface area contributed by atoms with Gasteiger partial charge in [-0.2, -0.15) is 0 Å². The van der Waals surface area contributed by atoms with Crippen LogP contribution < -0.4 is 23.7 Å². The lowest BCUT2D eigenvalue weighted by Crippen LogP contribution is -2.12. The van der Waals surface area contributed by atoms with Crippen molar-refractivity contribution in [3.63, 3.8) is 0 Å². The van der Waals surface area contributed by atoms with Crippen molar-refractivity contribution in [1.29, 1.82) is 0 Å². The van der Waals surface area contributed by atoms with E-state index in [9.17, 15) is 9.59 Å². The van der Waals surface area contributed by atoms with Gasteiger partial charge < -0.3 is 28.4 Å². The minimum absolute atomic E-state index is 0.0999. The first-order valence-electron chi connectivity index (χ1n) is 10.5. The molecular formula is C26H19ClO8. The average molecular weight is 495 g/mol. The van der Waals surface area contributed by atoms with Crippen LogP contribution in [0.2, 0.25) is 5.02 Å². The van der Waals surface area contributed by atoms with Gasteiger partial charge in [-0.15, -0.1) is 0 Å². The standard InChI is InChI=1S/C26H19ClO8/c1-30-20-6-3-14(9-22(20)31-2)26(29)34-18-4-5-19-21(11-18)35-23(24(19)28)10-15-7-17(27)8-16-12-32-13-33-25(15)16/h3-11H,12-13H2,1-2H3. The van der Waals surface area contributed by atoms with Gasteiger partial charge in [-0.1, -0.05) is 11.6 Å². The van der Waals surface area contributed by atoms with Gasteiger partial charge in [0.15, 0.2) is 24.1 Å². The van der Waals surface area contributed by atoms with Gasteiger partial charge >= 0.3 is 5.97 Å². The van der Waals surface area contributed by atoms with Gasteiger partial charge in [0.05, 0.1) is 32.0 Å². The molecule has 9 heteroatoms. The second kappa shape index (κ2) is 9.32. The maximum Gasteiger partial charge on any atom is 0.343 e. The zero-order valence-corrected chi connectivity index (χ0v) is 19.5. The van der Waals surface area contributed by atoms with Crippen LogP contribution >= 0.6 is 11.6 Å². The van der Waals surface area contributed by atoms with Crippen LogP contribution in [0.25, 0.3) is 6.08 Å². The van der Waals surface area contributed by atoms with E-state index in [4.69, 9.17) is 40.0 Å². The molecule has 2 aliphatic heterocycles. The van der Waals surface area contributed by atoms with E-state index in [-0.39, 0.29) is 35.4 Å². The topological polar surface area (TPSA) is 89.5 Å². The number of Topliss-reactive ketones (excluding diaryl/α,β-unsaturated/α-hetero) is 1. The molecule has 35 heavy (non-hydrogen) atoms. The van der Waals surface area contributed by atoms with Crippen molar-refractivity contribution in [1.82, 2.24) is 0 Å². The van der Waals surface area contributed by atoms with Crippen LogP contribution in [0.5, 0.6) is 28.7 Å². The van der Waals surface area contributed by atoms with Gasteiger partial charge in [0.2, 0.25) is 5.78 Å². The fourth-order valence-electron chi connectivity index (χ4n) is 3.82. The number of benzene rings is 3. The van der Waals surface area contributed by atoms with Crippen LogP contribution in [0.1, 0.15) is 31.8 Å². The molecule has 0 saturated carbocycles. The van der Waals surface area contributed by atoms with E-state index in [1.165, 1.54) is 32.4 Å². The van der Waals surface area contributed by atoms with Crippen molar-refractivity contribution in [3.8, 4) is 28.7 Å². The Kier molecular flexibility index (Phi) is 6.07. The smallest absolute Gasteiger partial charge is 0.343 e. The normalized spacial score (nSPS) is 15.1. The molecule has 3 aromatic rings. The highest BCUT2D eigenvalue weighted by Crippen LogP contribution is 2.38. The lowest BCUT2D eigenvalue weighted by atomic mass is 10.1. The molecule has 8 nitrogen and oxygen atoms in total. The van der Waals surface area contributed by atoms with Crippen molar-refractivity contribution < 1.29 is 38.0 Å². The Hall–Kier alpha value is -4.01. The summed E-state index contributed by atoms with van der Waals surface area (Å²) < 4.78 is 32.6. The maximum atomic E-state index is 12.9. The predicted molar refractivity (Wildman–Crippen MR) is 126 cm³/mol. The molecule has 5 rings (SSSR count). The molecule has 0 spiro atoms. The predicted octanol–water partition coefficient (Wildman–Crippen LogP) is 5.06. The summed E-state index contributed by atoms with van der Waals surface area (Å²) in [6, 6.07) is 12.7. The first kappa shape index (κ1) is 22.8. The molecule has 0 aromatic heterocycles.